The molecule has 0 aromatic heterocycles. The largest absolute Gasteiger partial charge is 0.496 e. The van der Waals surface area contributed by atoms with Gasteiger partial charge in [-0.15, -0.1) is 0 Å². The van der Waals surface area contributed by atoms with Crippen molar-refractivity contribution in [1.29, 1.82) is 0 Å². The maximum Gasteiger partial charge on any atom is 0.319 e. The smallest absolute Gasteiger partial charge is 0.319 e. The Morgan fingerprint density at radius 2 is 2.10 bits per heavy atom. The second-order valence-electron chi connectivity index (χ2n) is 4.65. The lowest BCUT2D eigenvalue weighted by Crippen LogP contribution is -2.41. The number of benzene rings is 1. The molecule has 1 heterocycles. The fourth-order valence-electron chi connectivity index (χ4n) is 2.29. The van der Waals surface area contributed by atoms with Crippen LogP contribution in [0.1, 0.15) is 12.0 Å². The van der Waals surface area contributed by atoms with Gasteiger partial charge < -0.3 is 14.2 Å². The summed E-state index contributed by atoms with van der Waals surface area (Å²) in [7, 11) is 2.86. The number of methoxy groups -OCH3 is 2. The van der Waals surface area contributed by atoms with Gasteiger partial charge in [-0.05, 0) is 6.07 Å². The summed E-state index contributed by atoms with van der Waals surface area (Å²) in [5.41, 5.74) is 0.852. The second-order valence-corrected chi connectivity index (χ2v) is 4.65. The Bertz CT molecular complexity index is 541. The van der Waals surface area contributed by atoms with Gasteiger partial charge in [0.15, 0.2) is 5.78 Å². The van der Waals surface area contributed by atoms with E-state index in [0.29, 0.717) is 12.4 Å². The number of rotatable bonds is 4. The molecule has 5 nitrogen and oxygen atoms in total. The molecule has 1 aromatic rings. The standard InChI is InChI=1S/C16H18O5/c1-19-13-6-4-3-5-11(13)7-8-14-15(16(18)20-2)12(17)9-10-21-14/h3-8,14-15H,9-10H2,1-2H3/b8-7+/t14-,15+/m1/s1. The molecule has 0 aliphatic carbocycles. The highest BCUT2D eigenvalue weighted by atomic mass is 16.5. The van der Waals surface area contributed by atoms with E-state index in [9.17, 15) is 9.59 Å². The molecule has 1 saturated heterocycles. The fourth-order valence-corrected chi connectivity index (χ4v) is 2.29. The van der Waals surface area contributed by atoms with Crippen LogP contribution >= 0.6 is 0 Å². The first-order chi connectivity index (χ1) is 10.2. The molecule has 1 aliphatic heterocycles. The van der Waals surface area contributed by atoms with E-state index in [1.165, 1.54) is 7.11 Å². The van der Waals surface area contributed by atoms with Gasteiger partial charge in [-0.2, -0.15) is 0 Å². The number of esters is 1. The van der Waals surface area contributed by atoms with E-state index in [1.807, 2.05) is 24.3 Å². The van der Waals surface area contributed by atoms with E-state index in [0.717, 1.165) is 5.56 Å². The van der Waals surface area contributed by atoms with Gasteiger partial charge in [0, 0.05) is 12.0 Å². The molecular formula is C16H18O5. The van der Waals surface area contributed by atoms with Gasteiger partial charge in [0.25, 0.3) is 0 Å². The van der Waals surface area contributed by atoms with Crippen LogP contribution in [0.15, 0.2) is 30.3 Å². The molecule has 0 unspecified atom stereocenters. The predicted octanol–water partition coefficient (Wildman–Crippen LogP) is 1.86. The number of Topliss-reactive ketones (excluding diaryl/α,β-unsaturated/α-hetero) is 1. The molecule has 1 fully saturated rings. The maximum absolute atomic E-state index is 11.9. The van der Waals surface area contributed by atoms with Crippen molar-refractivity contribution >= 4 is 17.8 Å². The average molecular weight is 290 g/mol. The third-order valence-corrected chi connectivity index (χ3v) is 3.39. The normalized spacial score (nSPS) is 22.3. The quantitative estimate of drug-likeness (QED) is 0.625. The van der Waals surface area contributed by atoms with Gasteiger partial charge in [0.05, 0.1) is 26.9 Å². The molecule has 21 heavy (non-hydrogen) atoms. The van der Waals surface area contributed by atoms with Gasteiger partial charge in [-0.25, -0.2) is 0 Å². The molecule has 0 saturated carbocycles. The van der Waals surface area contributed by atoms with Crippen molar-refractivity contribution in [2.75, 3.05) is 20.8 Å². The van der Waals surface area contributed by atoms with E-state index in [2.05, 4.69) is 4.74 Å². The van der Waals surface area contributed by atoms with Gasteiger partial charge in [0.2, 0.25) is 0 Å². The van der Waals surface area contributed by atoms with Crippen molar-refractivity contribution < 1.29 is 23.8 Å². The van der Waals surface area contributed by atoms with Crippen molar-refractivity contribution in [2.24, 2.45) is 5.92 Å². The minimum atomic E-state index is -0.894. The summed E-state index contributed by atoms with van der Waals surface area (Å²) in [4.78, 5) is 23.6. The van der Waals surface area contributed by atoms with Gasteiger partial charge in [-0.3, -0.25) is 9.59 Å². The fraction of sp³-hybridized carbons (Fsp3) is 0.375. The van der Waals surface area contributed by atoms with Gasteiger partial charge >= 0.3 is 5.97 Å². The molecule has 5 heteroatoms. The highest BCUT2D eigenvalue weighted by Gasteiger charge is 2.37. The van der Waals surface area contributed by atoms with E-state index in [-0.39, 0.29) is 12.2 Å². The first-order valence-electron chi connectivity index (χ1n) is 6.70. The number of para-hydroxylation sites is 1. The summed E-state index contributed by atoms with van der Waals surface area (Å²) in [6, 6.07) is 7.47. The molecule has 0 bridgehead atoms. The maximum atomic E-state index is 11.9. The molecule has 1 aliphatic rings. The Kier molecular flexibility index (Phi) is 5.11. The zero-order valence-corrected chi connectivity index (χ0v) is 12.1. The van der Waals surface area contributed by atoms with Gasteiger partial charge in [-0.1, -0.05) is 30.4 Å². The minimum absolute atomic E-state index is 0.150. The van der Waals surface area contributed by atoms with Crippen LogP contribution in [0, 0.1) is 5.92 Å². The monoisotopic (exact) mass is 290 g/mol. The van der Waals surface area contributed by atoms with Crippen LogP contribution in [-0.2, 0) is 19.1 Å². The lowest BCUT2D eigenvalue weighted by atomic mass is 9.92. The number of hydrogen-bond acceptors (Lipinski definition) is 5. The van der Waals surface area contributed by atoms with Gasteiger partial charge in [0.1, 0.15) is 11.7 Å². The summed E-state index contributed by atoms with van der Waals surface area (Å²) in [6.45, 7) is 0.313. The summed E-state index contributed by atoms with van der Waals surface area (Å²) in [5, 5.41) is 0. The zero-order chi connectivity index (χ0) is 15.2. The number of carbonyl (C=O) groups is 2. The summed E-state index contributed by atoms with van der Waals surface area (Å²) in [6.07, 6.45) is 3.12. The summed E-state index contributed by atoms with van der Waals surface area (Å²) >= 11 is 0. The molecule has 2 atom stereocenters. The van der Waals surface area contributed by atoms with Crippen molar-refractivity contribution in [3.63, 3.8) is 0 Å². The second kappa shape index (κ2) is 7.04. The van der Waals surface area contributed by atoms with Crippen molar-refractivity contribution in [3.05, 3.63) is 35.9 Å². The zero-order valence-electron chi connectivity index (χ0n) is 12.1. The first-order valence-corrected chi connectivity index (χ1v) is 6.70. The van der Waals surface area contributed by atoms with Crippen LogP contribution in [0.25, 0.3) is 6.08 Å². The number of ether oxygens (including phenoxy) is 3. The van der Waals surface area contributed by atoms with E-state index in [1.54, 1.807) is 19.3 Å². The SMILES string of the molecule is COC(=O)[C@H]1C(=O)CCO[C@@H]1/C=C/c1ccccc1OC. The molecule has 0 amide bonds. The molecule has 1 aromatic carbocycles. The van der Waals surface area contributed by atoms with Crippen molar-refractivity contribution in [1.82, 2.24) is 0 Å². The Morgan fingerprint density at radius 1 is 1.33 bits per heavy atom. The topological polar surface area (TPSA) is 61.8 Å². The number of ketones is 1. The minimum Gasteiger partial charge on any atom is -0.496 e. The van der Waals surface area contributed by atoms with Crippen molar-refractivity contribution in [3.8, 4) is 5.75 Å². The Labute approximate surface area is 123 Å². The lowest BCUT2D eigenvalue weighted by Gasteiger charge is -2.26. The van der Waals surface area contributed by atoms with Crippen LogP contribution in [0.2, 0.25) is 0 Å². The number of hydrogen-bond donors (Lipinski definition) is 0. The van der Waals surface area contributed by atoms with E-state index >= 15 is 0 Å². The molecule has 0 spiro atoms. The van der Waals surface area contributed by atoms with E-state index < -0.39 is 18.0 Å². The average Bonchev–Trinajstić information content (AvgIpc) is 2.52. The third-order valence-electron chi connectivity index (χ3n) is 3.39. The molecular weight excluding hydrogens is 272 g/mol. The highest BCUT2D eigenvalue weighted by molar-refractivity contribution is 6.00. The molecule has 0 radical (unpaired) electrons. The van der Waals surface area contributed by atoms with Crippen molar-refractivity contribution in [2.45, 2.75) is 12.5 Å². The highest BCUT2D eigenvalue weighted by Crippen LogP contribution is 2.23. The Balaban J connectivity index is 2.21. The van der Waals surface area contributed by atoms with Crippen LogP contribution in [0.5, 0.6) is 5.75 Å². The summed E-state index contributed by atoms with van der Waals surface area (Å²) in [5.74, 6) is -0.891. The number of carbonyl (C=O) groups excluding carboxylic acids is 2. The van der Waals surface area contributed by atoms with E-state index in [4.69, 9.17) is 9.47 Å². The predicted molar refractivity (Wildman–Crippen MR) is 76.9 cm³/mol. The van der Waals surface area contributed by atoms with Crippen LogP contribution in [0.4, 0.5) is 0 Å². The molecule has 0 N–H and O–H groups in total. The summed E-state index contributed by atoms with van der Waals surface area (Å²) < 4.78 is 15.5. The molecule has 2 rings (SSSR count). The molecule has 112 valence electrons. The lowest BCUT2D eigenvalue weighted by molar-refractivity contribution is -0.158. The van der Waals surface area contributed by atoms with Crippen LogP contribution < -0.4 is 4.74 Å². The Hall–Kier alpha value is -2.14. The van der Waals surface area contributed by atoms with Crippen LogP contribution in [0.3, 0.4) is 0 Å². The first kappa shape index (κ1) is 15.3. The van der Waals surface area contributed by atoms with Crippen LogP contribution in [-0.4, -0.2) is 38.7 Å². The third kappa shape index (κ3) is 3.49. The Morgan fingerprint density at radius 3 is 2.81 bits per heavy atom.